The number of nitrogens with zero attached hydrogens (tertiary/aromatic N) is 5. The van der Waals surface area contributed by atoms with Crippen LogP contribution in [0, 0.1) is 5.82 Å². The van der Waals surface area contributed by atoms with Crippen molar-refractivity contribution in [2.75, 3.05) is 0 Å². The number of halogens is 3. The molecule has 28 heavy (non-hydrogen) atoms. The van der Waals surface area contributed by atoms with Crippen molar-refractivity contribution in [3.63, 3.8) is 0 Å². The Kier molecular flexibility index (Phi) is 6.17. The van der Waals surface area contributed by atoms with Crippen molar-refractivity contribution in [2.24, 2.45) is 5.73 Å². The zero-order valence-corrected chi connectivity index (χ0v) is 16.4. The molecule has 0 aliphatic rings. The number of nitrogens with two attached hydrogens (primary N) is 1. The number of rotatable bonds is 7. The van der Waals surface area contributed by atoms with Crippen LogP contribution in [-0.4, -0.2) is 42.3 Å². The highest BCUT2D eigenvalue weighted by Gasteiger charge is 2.15. The van der Waals surface area contributed by atoms with E-state index in [4.69, 9.17) is 27.2 Å². The van der Waals surface area contributed by atoms with Crippen molar-refractivity contribution >= 4 is 33.5 Å². The van der Waals surface area contributed by atoms with Crippen LogP contribution in [0.15, 0.2) is 34.9 Å². The molecule has 0 fully saturated rings. The molecule has 2 heterocycles. The number of aliphatic carboxylic acids is 1. The fourth-order valence-corrected chi connectivity index (χ4v) is 2.94. The third-order valence-corrected chi connectivity index (χ3v) is 4.32. The maximum atomic E-state index is 13.8. The fraction of sp³-hybridized carbons (Fsp3) is 0.188. The molecule has 0 saturated heterocycles. The van der Waals surface area contributed by atoms with Gasteiger partial charge in [0.25, 0.3) is 5.88 Å². The first-order valence-corrected chi connectivity index (χ1v) is 9.03. The van der Waals surface area contributed by atoms with Gasteiger partial charge < -0.3 is 15.6 Å². The quantitative estimate of drug-likeness (QED) is 0.538. The number of hydrogen-bond acceptors (Lipinski definition) is 7. The summed E-state index contributed by atoms with van der Waals surface area (Å²) >= 11 is 9.05. The van der Waals surface area contributed by atoms with E-state index >= 15 is 0 Å². The van der Waals surface area contributed by atoms with E-state index in [0.717, 1.165) is 6.07 Å². The monoisotopic (exact) mass is 470 g/mol. The van der Waals surface area contributed by atoms with Gasteiger partial charge in [0.2, 0.25) is 5.82 Å². The van der Waals surface area contributed by atoms with Crippen LogP contribution in [0.5, 0.6) is 11.6 Å². The van der Waals surface area contributed by atoms with Crippen LogP contribution < -0.4 is 10.5 Å². The smallest absolute Gasteiger partial charge is 0.304 e. The number of pyridine rings is 1. The molecule has 2 aromatic heterocycles. The predicted molar refractivity (Wildman–Crippen MR) is 100 cm³/mol. The van der Waals surface area contributed by atoms with Gasteiger partial charge in [0.15, 0.2) is 5.82 Å². The van der Waals surface area contributed by atoms with E-state index in [1.165, 1.54) is 11.0 Å². The van der Waals surface area contributed by atoms with E-state index in [-0.39, 0.29) is 23.9 Å². The Morgan fingerprint density at radius 3 is 2.89 bits per heavy atom. The lowest BCUT2D eigenvalue weighted by atomic mass is 10.2. The van der Waals surface area contributed by atoms with Gasteiger partial charge in [0, 0.05) is 22.3 Å². The molecule has 0 spiro atoms. The zero-order chi connectivity index (χ0) is 20.3. The van der Waals surface area contributed by atoms with Crippen LogP contribution in [0.1, 0.15) is 6.42 Å². The summed E-state index contributed by atoms with van der Waals surface area (Å²) in [6.07, 6.45) is 1.07. The Morgan fingerprint density at radius 1 is 1.43 bits per heavy atom. The summed E-state index contributed by atoms with van der Waals surface area (Å²) in [5.41, 5.74) is 6.33. The molecule has 0 saturated carbocycles. The van der Waals surface area contributed by atoms with Gasteiger partial charge in [0.1, 0.15) is 5.75 Å². The van der Waals surface area contributed by atoms with Gasteiger partial charge in [-0.2, -0.15) is 4.80 Å². The standard InChI is InChI=1S/C16H13BrClFN6O3/c17-12-5-10(28-16-13(19)3-8(18)6-21-16)1-2-11(12)15-22-24-25(23-15)7-9(20)4-14(26)27/h1-3,5-6,9H,4,7,20H2,(H,26,27)/t9-/m0/s1. The molecular formula is C16H13BrClFN6O3. The molecule has 146 valence electrons. The largest absolute Gasteiger partial charge is 0.481 e. The van der Waals surface area contributed by atoms with Crippen molar-refractivity contribution in [1.82, 2.24) is 25.2 Å². The van der Waals surface area contributed by atoms with Gasteiger partial charge in [0.05, 0.1) is 18.0 Å². The van der Waals surface area contributed by atoms with E-state index < -0.39 is 17.8 Å². The summed E-state index contributed by atoms with van der Waals surface area (Å²) in [7, 11) is 0. The van der Waals surface area contributed by atoms with Crippen molar-refractivity contribution in [3.8, 4) is 23.0 Å². The molecule has 0 unspecified atom stereocenters. The Balaban J connectivity index is 1.75. The van der Waals surface area contributed by atoms with Gasteiger partial charge in [-0.05, 0) is 45.4 Å². The molecular weight excluding hydrogens is 459 g/mol. The number of carboxylic acid groups (broad SMARTS) is 1. The highest BCUT2D eigenvalue weighted by atomic mass is 79.9. The number of ether oxygens (including phenoxy) is 1. The first-order valence-electron chi connectivity index (χ1n) is 7.86. The zero-order valence-electron chi connectivity index (χ0n) is 14.1. The number of carboxylic acids is 1. The molecule has 1 aromatic carbocycles. The fourth-order valence-electron chi connectivity index (χ4n) is 2.26. The van der Waals surface area contributed by atoms with Crippen molar-refractivity contribution < 1.29 is 19.0 Å². The summed E-state index contributed by atoms with van der Waals surface area (Å²) in [6.45, 7) is 0.111. The van der Waals surface area contributed by atoms with E-state index in [1.54, 1.807) is 18.2 Å². The molecule has 0 aliphatic carbocycles. The van der Waals surface area contributed by atoms with Gasteiger partial charge >= 0.3 is 5.97 Å². The van der Waals surface area contributed by atoms with E-state index in [2.05, 4.69) is 36.3 Å². The number of benzene rings is 1. The Labute approximate surface area is 171 Å². The van der Waals surface area contributed by atoms with Crippen molar-refractivity contribution in [1.29, 1.82) is 0 Å². The number of carbonyl (C=O) groups is 1. The first-order chi connectivity index (χ1) is 13.3. The number of tetrazole rings is 1. The summed E-state index contributed by atoms with van der Waals surface area (Å²) in [6, 6.07) is 5.31. The SMILES string of the molecule is N[C@@H](CC(=O)O)Cn1nnc(-c2ccc(Oc3ncc(Cl)cc3F)cc2Br)n1. The lowest BCUT2D eigenvalue weighted by Gasteiger charge is -2.08. The lowest BCUT2D eigenvalue weighted by Crippen LogP contribution is -2.30. The summed E-state index contributed by atoms with van der Waals surface area (Å²) < 4.78 is 19.8. The van der Waals surface area contributed by atoms with Crippen molar-refractivity contribution in [2.45, 2.75) is 19.0 Å². The summed E-state index contributed by atoms with van der Waals surface area (Å²) in [4.78, 5) is 15.7. The first kappa shape index (κ1) is 20.1. The Bertz CT molecular complexity index is 1020. The normalized spacial score (nSPS) is 12.0. The topological polar surface area (TPSA) is 129 Å². The van der Waals surface area contributed by atoms with Gasteiger partial charge in [-0.15, -0.1) is 10.2 Å². The maximum Gasteiger partial charge on any atom is 0.304 e. The minimum atomic E-state index is -1.00. The van der Waals surface area contributed by atoms with Crippen molar-refractivity contribution in [3.05, 3.63) is 45.8 Å². The van der Waals surface area contributed by atoms with E-state index in [1.807, 2.05) is 0 Å². The molecule has 1 atom stereocenters. The molecule has 3 N–H and O–H groups in total. The van der Waals surface area contributed by atoms with Gasteiger partial charge in [-0.25, -0.2) is 9.37 Å². The lowest BCUT2D eigenvalue weighted by molar-refractivity contribution is -0.137. The Hall–Kier alpha value is -2.63. The average Bonchev–Trinajstić information content (AvgIpc) is 3.04. The molecule has 12 heteroatoms. The van der Waals surface area contributed by atoms with Gasteiger partial charge in [-0.1, -0.05) is 11.6 Å². The summed E-state index contributed by atoms with van der Waals surface area (Å²) in [5.74, 6) is -1.26. The predicted octanol–water partition coefficient (Wildman–Crippen LogP) is 2.88. The van der Waals surface area contributed by atoms with E-state index in [9.17, 15) is 9.18 Å². The molecule has 0 radical (unpaired) electrons. The molecule has 3 rings (SSSR count). The van der Waals surface area contributed by atoms with Crippen LogP contribution in [-0.2, 0) is 11.3 Å². The third-order valence-electron chi connectivity index (χ3n) is 3.46. The van der Waals surface area contributed by atoms with Crippen LogP contribution in [0.3, 0.4) is 0 Å². The second kappa shape index (κ2) is 8.59. The average molecular weight is 472 g/mol. The summed E-state index contributed by atoms with van der Waals surface area (Å²) in [5, 5.41) is 20.9. The maximum absolute atomic E-state index is 13.8. The highest BCUT2D eigenvalue weighted by molar-refractivity contribution is 9.10. The molecule has 0 amide bonds. The molecule has 0 bridgehead atoms. The highest BCUT2D eigenvalue weighted by Crippen LogP contribution is 2.32. The molecule has 3 aromatic rings. The number of hydrogen-bond donors (Lipinski definition) is 2. The van der Waals surface area contributed by atoms with Gasteiger partial charge in [-0.3, -0.25) is 4.79 Å². The van der Waals surface area contributed by atoms with Crippen LogP contribution >= 0.6 is 27.5 Å². The van der Waals surface area contributed by atoms with Crippen LogP contribution in [0.2, 0.25) is 5.02 Å². The van der Waals surface area contributed by atoms with E-state index in [0.29, 0.717) is 21.6 Å². The minimum Gasteiger partial charge on any atom is -0.481 e. The minimum absolute atomic E-state index is 0.111. The third kappa shape index (κ3) is 5.00. The number of aromatic nitrogens is 5. The molecule has 0 aliphatic heterocycles. The van der Waals surface area contributed by atoms with Crippen LogP contribution in [0.4, 0.5) is 4.39 Å². The van der Waals surface area contributed by atoms with Crippen LogP contribution in [0.25, 0.3) is 11.4 Å². The second-order valence-electron chi connectivity index (χ2n) is 5.71. The molecule has 9 nitrogen and oxygen atoms in total. The second-order valence-corrected chi connectivity index (χ2v) is 7.00. The Morgan fingerprint density at radius 2 is 2.21 bits per heavy atom.